The van der Waals surface area contributed by atoms with Crippen molar-refractivity contribution in [2.45, 2.75) is 45.6 Å². The molecule has 0 heterocycles. The number of rotatable bonds is 5. The summed E-state index contributed by atoms with van der Waals surface area (Å²) >= 11 is 0. The van der Waals surface area contributed by atoms with Crippen molar-refractivity contribution in [3.8, 4) is 0 Å². The molecule has 0 unspecified atom stereocenters. The van der Waals surface area contributed by atoms with Gasteiger partial charge in [0, 0.05) is 6.04 Å². The number of aryl methyl sites for hydroxylation is 1. The number of hydrogen-bond donors (Lipinski definition) is 1. The summed E-state index contributed by atoms with van der Waals surface area (Å²) in [5, 5.41) is 0. The molecule has 0 fully saturated rings. The highest BCUT2D eigenvalue weighted by Crippen LogP contribution is 2.20. The molecular formula is C13H22ClN. The Kier molecular flexibility index (Phi) is 7.45. The molecule has 0 radical (unpaired) electrons. The van der Waals surface area contributed by atoms with Crippen LogP contribution in [0.2, 0.25) is 0 Å². The van der Waals surface area contributed by atoms with Gasteiger partial charge in [0.05, 0.1) is 0 Å². The molecule has 0 aliphatic rings. The van der Waals surface area contributed by atoms with Crippen LogP contribution in [0, 0.1) is 6.92 Å². The van der Waals surface area contributed by atoms with Crippen LogP contribution in [0.1, 0.15) is 49.8 Å². The lowest BCUT2D eigenvalue weighted by Gasteiger charge is -2.14. The van der Waals surface area contributed by atoms with E-state index < -0.39 is 0 Å². The average Bonchev–Trinajstić information content (AvgIpc) is 2.18. The van der Waals surface area contributed by atoms with Gasteiger partial charge < -0.3 is 5.73 Å². The molecule has 2 heteroatoms. The second kappa shape index (κ2) is 7.72. The molecule has 0 aromatic heterocycles. The number of nitrogens with two attached hydrogens (primary N) is 1. The molecule has 1 aromatic carbocycles. The highest BCUT2D eigenvalue weighted by molar-refractivity contribution is 5.85. The number of benzene rings is 1. The van der Waals surface area contributed by atoms with Gasteiger partial charge in [-0.3, -0.25) is 0 Å². The third-order valence-corrected chi connectivity index (χ3v) is 2.71. The molecule has 0 saturated carbocycles. The first-order chi connectivity index (χ1) is 6.75. The van der Waals surface area contributed by atoms with Gasteiger partial charge in [0.25, 0.3) is 0 Å². The molecule has 0 spiro atoms. The standard InChI is InChI=1S/C13H21N.ClH/c1-3-4-5-10-13(14)12-9-7-6-8-11(12)2;/h6-9,13H,3-5,10,14H2,1-2H3;1H/t13-;/m1./s1. The summed E-state index contributed by atoms with van der Waals surface area (Å²) in [6.45, 7) is 4.36. The molecule has 0 saturated heterocycles. The maximum absolute atomic E-state index is 6.14. The van der Waals surface area contributed by atoms with Gasteiger partial charge in [0.15, 0.2) is 0 Å². The van der Waals surface area contributed by atoms with E-state index in [0.717, 1.165) is 6.42 Å². The van der Waals surface area contributed by atoms with Crippen LogP contribution in [0.25, 0.3) is 0 Å². The fourth-order valence-corrected chi connectivity index (χ4v) is 1.77. The van der Waals surface area contributed by atoms with E-state index in [1.807, 2.05) is 0 Å². The Morgan fingerprint density at radius 3 is 2.47 bits per heavy atom. The minimum absolute atomic E-state index is 0. The normalized spacial score (nSPS) is 11.9. The summed E-state index contributed by atoms with van der Waals surface area (Å²) in [5.41, 5.74) is 8.76. The Morgan fingerprint density at radius 1 is 1.20 bits per heavy atom. The lowest BCUT2D eigenvalue weighted by Crippen LogP contribution is -2.11. The number of unbranched alkanes of at least 4 members (excludes halogenated alkanes) is 2. The highest BCUT2D eigenvalue weighted by Gasteiger charge is 2.06. The van der Waals surface area contributed by atoms with E-state index in [4.69, 9.17) is 5.73 Å². The van der Waals surface area contributed by atoms with Gasteiger partial charge >= 0.3 is 0 Å². The molecule has 2 N–H and O–H groups in total. The largest absolute Gasteiger partial charge is 0.324 e. The second-order valence-electron chi connectivity index (χ2n) is 3.96. The van der Waals surface area contributed by atoms with E-state index in [2.05, 4.69) is 38.1 Å². The van der Waals surface area contributed by atoms with Crippen LogP contribution in [0.4, 0.5) is 0 Å². The SMILES string of the molecule is CCCCC[C@@H](N)c1ccccc1C.Cl. The van der Waals surface area contributed by atoms with Gasteiger partial charge in [-0.2, -0.15) is 0 Å². The van der Waals surface area contributed by atoms with Gasteiger partial charge in [-0.05, 0) is 24.5 Å². The van der Waals surface area contributed by atoms with Crippen LogP contribution in [-0.2, 0) is 0 Å². The first-order valence-corrected chi connectivity index (χ1v) is 5.56. The van der Waals surface area contributed by atoms with Crippen molar-refractivity contribution in [1.29, 1.82) is 0 Å². The predicted octanol–water partition coefficient (Wildman–Crippen LogP) is 4.00. The monoisotopic (exact) mass is 227 g/mol. The Balaban J connectivity index is 0.00000196. The maximum Gasteiger partial charge on any atom is 0.0297 e. The fourth-order valence-electron chi connectivity index (χ4n) is 1.77. The van der Waals surface area contributed by atoms with E-state index >= 15 is 0 Å². The van der Waals surface area contributed by atoms with Gasteiger partial charge in [0.1, 0.15) is 0 Å². The topological polar surface area (TPSA) is 26.0 Å². The van der Waals surface area contributed by atoms with E-state index in [9.17, 15) is 0 Å². The summed E-state index contributed by atoms with van der Waals surface area (Å²) in [4.78, 5) is 0. The Bertz CT molecular complexity index is 273. The van der Waals surface area contributed by atoms with Crippen LogP contribution in [0.5, 0.6) is 0 Å². The molecule has 15 heavy (non-hydrogen) atoms. The maximum atomic E-state index is 6.14. The van der Waals surface area contributed by atoms with Crippen molar-refractivity contribution in [1.82, 2.24) is 0 Å². The van der Waals surface area contributed by atoms with Crippen molar-refractivity contribution in [3.63, 3.8) is 0 Å². The van der Waals surface area contributed by atoms with E-state index in [-0.39, 0.29) is 18.4 Å². The van der Waals surface area contributed by atoms with Crippen LogP contribution in [0.15, 0.2) is 24.3 Å². The average molecular weight is 228 g/mol. The van der Waals surface area contributed by atoms with E-state index in [1.54, 1.807) is 0 Å². The zero-order valence-electron chi connectivity index (χ0n) is 9.70. The summed E-state index contributed by atoms with van der Waals surface area (Å²) in [5.74, 6) is 0. The summed E-state index contributed by atoms with van der Waals surface area (Å²) in [7, 11) is 0. The summed E-state index contributed by atoms with van der Waals surface area (Å²) in [6.07, 6.45) is 4.91. The minimum Gasteiger partial charge on any atom is -0.324 e. The van der Waals surface area contributed by atoms with E-state index in [1.165, 1.54) is 30.4 Å². The Labute approximate surface area is 99.5 Å². The Hall–Kier alpha value is -0.530. The van der Waals surface area contributed by atoms with Crippen LogP contribution in [0.3, 0.4) is 0 Å². The quantitative estimate of drug-likeness (QED) is 0.757. The van der Waals surface area contributed by atoms with Crippen molar-refractivity contribution < 1.29 is 0 Å². The lowest BCUT2D eigenvalue weighted by atomic mass is 9.97. The van der Waals surface area contributed by atoms with Crippen molar-refractivity contribution in [2.75, 3.05) is 0 Å². The van der Waals surface area contributed by atoms with Crippen LogP contribution < -0.4 is 5.73 Å². The molecule has 1 aromatic rings. The van der Waals surface area contributed by atoms with E-state index in [0.29, 0.717) is 0 Å². The molecule has 86 valence electrons. The molecule has 0 bridgehead atoms. The van der Waals surface area contributed by atoms with Crippen LogP contribution in [-0.4, -0.2) is 0 Å². The van der Waals surface area contributed by atoms with Crippen molar-refractivity contribution in [3.05, 3.63) is 35.4 Å². The molecular weight excluding hydrogens is 206 g/mol. The molecule has 1 rings (SSSR count). The molecule has 0 aliphatic heterocycles. The minimum atomic E-state index is 0. The smallest absolute Gasteiger partial charge is 0.0297 e. The predicted molar refractivity (Wildman–Crippen MR) is 69.5 cm³/mol. The van der Waals surface area contributed by atoms with Crippen molar-refractivity contribution >= 4 is 12.4 Å². The zero-order valence-corrected chi connectivity index (χ0v) is 10.5. The Morgan fingerprint density at radius 2 is 1.87 bits per heavy atom. The zero-order chi connectivity index (χ0) is 10.4. The van der Waals surface area contributed by atoms with Gasteiger partial charge in [0.2, 0.25) is 0 Å². The number of halogens is 1. The lowest BCUT2D eigenvalue weighted by molar-refractivity contribution is 0.579. The fraction of sp³-hybridized carbons (Fsp3) is 0.538. The second-order valence-corrected chi connectivity index (χ2v) is 3.96. The summed E-state index contributed by atoms with van der Waals surface area (Å²) in [6, 6.07) is 8.64. The van der Waals surface area contributed by atoms with Crippen molar-refractivity contribution in [2.24, 2.45) is 5.73 Å². The molecule has 0 aliphatic carbocycles. The first-order valence-electron chi connectivity index (χ1n) is 5.56. The third-order valence-electron chi connectivity index (χ3n) is 2.71. The van der Waals surface area contributed by atoms with Crippen LogP contribution >= 0.6 is 12.4 Å². The third kappa shape index (κ3) is 4.67. The molecule has 0 amide bonds. The highest BCUT2D eigenvalue weighted by atomic mass is 35.5. The van der Waals surface area contributed by atoms with Gasteiger partial charge in [-0.15, -0.1) is 12.4 Å². The summed E-state index contributed by atoms with van der Waals surface area (Å²) < 4.78 is 0. The molecule has 1 atom stereocenters. The number of hydrogen-bond acceptors (Lipinski definition) is 1. The van der Waals surface area contributed by atoms with Gasteiger partial charge in [-0.25, -0.2) is 0 Å². The van der Waals surface area contributed by atoms with Gasteiger partial charge in [-0.1, -0.05) is 50.5 Å². The first kappa shape index (κ1) is 14.5. The molecule has 1 nitrogen and oxygen atoms in total.